The fourth-order valence-corrected chi connectivity index (χ4v) is 2.33. The van der Waals surface area contributed by atoms with Crippen LogP contribution in [0.25, 0.3) is 0 Å². The fraction of sp³-hybridized carbons (Fsp3) is 0.462. The van der Waals surface area contributed by atoms with E-state index in [1.165, 1.54) is 6.07 Å². The second-order valence-corrected chi connectivity index (χ2v) is 4.39. The zero-order chi connectivity index (χ0) is 10.8. The van der Waals surface area contributed by atoms with Crippen molar-refractivity contribution in [2.75, 3.05) is 0 Å². The summed E-state index contributed by atoms with van der Waals surface area (Å²) in [6, 6.07) is 6.80. The Bertz CT molecular complexity index is 373. The number of benzene rings is 1. The van der Waals surface area contributed by atoms with Gasteiger partial charge in [-0.15, -0.1) is 0 Å². The number of carbonyl (C=O) groups is 1. The second-order valence-electron chi connectivity index (χ2n) is 4.39. The van der Waals surface area contributed by atoms with Crippen LogP contribution in [-0.4, -0.2) is 5.78 Å². The molecule has 0 bridgehead atoms. The maximum atomic E-state index is 13.6. The molecule has 0 aliphatic heterocycles. The summed E-state index contributed by atoms with van der Waals surface area (Å²) in [6.07, 6.45) is 2.05. The van der Waals surface area contributed by atoms with Crippen molar-refractivity contribution in [3.8, 4) is 0 Å². The Hall–Kier alpha value is -1.18. The van der Waals surface area contributed by atoms with E-state index in [-0.39, 0.29) is 17.5 Å². The summed E-state index contributed by atoms with van der Waals surface area (Å²) in [5.74, 6) is 0.567. The number of carbonyl (C=O) groups excluding carboxylic acids is 1. The summed E-state index contributed by atoms with van der Waals surface area (Å²) in [7, 11) is 0. The Morgan fingerprint density at radius 2 is 2.07 bits per heavy atom. The van der Waals surface area contributed by atoms with Crippen LogP contribution in [0.2, 0.25) is 0 Å². The lowest BCUT2D eigenvalue weighted by atomic mass is 9.76. The molecule has 0 radical (unpaired) electrons. The summed E-state index contributed by atoms with van der Waals surface area (Å²) < 4.78 is 13.6. The van der Waals surface area contributed by atoms with Gasteiger partial charge in [0.1, 0.15) is 11.6 Å². The lowest BCUT2D eigenvalue weighted by Crippen LogP contribution is -2.22. The number of ketones is 1. The molecule has 0 amide bonds. The van der Waals surface area contributed by atoms with Crippen LogP contribution in [0, 0.1) is 11.7 Å². The lowest BCUT2D eigenvalue weighted by Gasteiger charge is -2.28. The number of hydrogen-bond donors (Lipinski definition) is 0. The van der Waals surface area contributed by atoms with Gasteiger partial charge < -0.3 is 0 Å². The molecule has 2 unspecified atom stereocenters. The normalized spacial score (nSPS) is 26.7. The van der Waals surface area contributed by atoms with Crippen LogP contribution in [0.15, 0.2) is 24.3 Å². The van der Waals surface area contributed by atoms with Crippen molar-refractivity contribution < 1.29 is 9.18 Å². The largest absolute Gasteiger partial charge is 0.300 e. The third-order valence-corrected chi connectivity index (χ3v) is 3.32. The second kappa shape index (κ2) is 4.13. The highest BCUT2D eigenvalue weighted by Crippen LogP contribution is 2.36. The summed E-state index contributed by atoms with van der Waals surface area (Å²) in [6.45, 7) is 2.10. The number of hydrogen-bond acceptors (Lipinski definition) is 1. The highest BCUT2D eigenvalue weighted by atomic mass is 19.1. The predicted molar refractivity (Wildman–Crippen MR) is 57.2 cm³/mol. The van der Waals surface area contributed by atoms with E-state index >= 15 is 0 Å². The van der Waals surface area contributed by atoms with E-state index in [0.717, 1.165) is 6.42 Å². The molecule has 1 aliphatic rings. The van der Waals surface area contributed by atoms with Gasteiger partial charge in [0.05, 0.1) is 0 Å². The molecule has 0 N–H and O–H groups in total. The molecule has 0 heterocycles. The fourth-order valence-electron chi connectivity index (χ4n) is 2.33. The van der Waals surface area contributed by atoms with Crippen LogP contribution in [0.4, 0.5) is 4.39 Å². The third kappa shape index (κ3) is 2.09. The summed E-state index contributed by atoms with van der Waals surface area (Å²) in [5.41, 5.74) is 0.707. The van der Waals surface area contributed by atoms with Gasteiger partial charge in [-0.2, -0.15) is 0 Å². The molecule has 0 aromatic heterocycles. The average Bonchev–Trinajstić information content (AvgIpc) is 2.23. The van der Waals surface area contributed by atoms with Crippen molar-refractivity contribution in [3.05, 3.63) is 35.6 Å². The van der Waals surface area contributed by atoms with E-state index in [4.69, 9.17) is 0 Å². The minimum Gasteiger partial charge on any atom is -0.300 e. The van der Waals surface area contributed by atoms with Gasteiger partial charge in [-0.3, -0.25) is 4.79 Å². The zero-order valence-electron chi connectivity index (χ0n) is 8.87. The molecule has 1 saturated carbocycles. The zero-order valence-corrected chi connectivity index (χ0v) is 8.87. The highest BCUT2D eigenvalue weighted by Gasteiger charge is 2.28. The van der Waals surface area contributed by atoms with Gasteiger partial charge in [-0.1, -0.05) is 25.1 Å². The standard InChI is InChI=1S/C13H15FO/c1-9-6-7-10(15)8-12(9)11-4-2-3-5-13(11)14/h2-5,9,12H,6-8H2,1H3. The number of halogens is 1. The first-order valence-electron chi connectivity index (χ1n) is 5.44. The maximum Gasteiger partial charge on any atom is 0.133 e. The summed E-state index contributed by atoms with van der Waals surface area (Å²) in [4.78, 5) is 11.4. The van der Waals surface area contributed by atoms with Crippen LogP contribution in [0.1, 0.15) is 37.7 Å². The molecule has 2 heteroatoms. The molecule has 1 fully saturated rings. The lowest BCUT2D eigenvalue weighted by molar-refractivity contribution is -0.121. The van der Waals surface area contributed by atoms with Crippen molar-refractivity contribution in [1.29, 1.82) is 0 Å². The van der Waals surface area contributed by atoms with Crippen LogP contribution >= 0.6 is 0 Å². The number of Topliss-reactive ketones (excluding diaryl/α,β-unsaturated/α-hetero) is 1. The molecule has 0 spiro atoms. The molecule has 1 nitrogen and oxygen atoms in total. The van der Waals surface area contributed by atoms with Gasteiger partial charge in [0.25, 0.3) is 0 Å². The Morgan fingerprint density at radius 3 is 2.80 bits per heavy atom. The summed E-state index contributed by atoms with van der Waals surface area (Å²) >= 11 is 0. The molecule has 0 saturated heterocycles. The van der Waals surface area contributed by atoms with E-state index in [1.807, 2.05) is 6.07 Å². The average molecular weight is 206 g/mol. The van der Waals surface area contributed by atoms with Crippen LogP contribution in [0.5, 0.6) is 0 Å². The van der Waals surface area contributed by atoms with Crippen LogP contribution in [0.3, 0.4) is 0 Å². The van der Waals surface area contributed by atoms with Gasteiger partial charge >= 0.3 is 0 Å². The first kappa shape index (κ1) is 10.3. The monoisotopic (exact) mass is 206 g/mol. The maximum absolute atomic E-state index is 13.6. The highest BCUT2D eigenvalue weighted by molar-refractivity contribution is 5.80. The molecule has 1 aromatic rings. The molecular formula is C13H15FO. The van der Waals surface area contributed by atoms with Gasteiger partial charge in [0.15, 0.2) is 0 Å². The van der Waals surface area contributed by atoms with Crippen LogP contribution < -0.4 is 0 Å². The van der Waals surface area contributed by atoms with E-state index in [1.54, 1.807) is 12.1 Å². The molecular weight excluding hydrogens is 191 g/mol. The van der Waals surface area contributed by atoms with Crippen molar-refractivity contribution in [3.63, 3.8) is 0 Å². The van der Waals surface area contributed by atoms with Gasteiger partial charge in [-0.25, -0.2) is 4.39 Å². The molecule has 1 aromatic carbocycles. The Morgan fingerprint density at radius 1 is 1.33 bits per heavy atom. The molecule has 1 aliphatic carbocycles. The Labute approximate surface area is 89.3 Å². The first-order valence-corrected chi connectivity index (χ1v) is 5.44. The first-order chi connectivity index (χ1) is 7.18. The van der Waals surface area contributed by atoms with Crippen LogP contribution in [-0.2, 0) is 4.79 Å². The molecule has 15 heavy (non-hydrogen) atoms. The summed E-state index contributed by atoms with van der Waals surface area (Å²) in [5, 5.41) is 0. The van der Waals surface area contributed by atoms with E-state index < -0.39 is 0 Å². The SMILES string of the molecule is CC1CCC(=O)CC1c1ccccc1F. The Balaban J connectivity index is 2.29. The Kier molecular flexibility index (Phi) is 2.85. The molecule has 80 valence electrons. The van der Waals surface area contributed by atoms with Gasteiger partial charge in [-0.05, 0) is 29.9 Å². The van der Waals surface area contributed by atoms with Crippen molar-refractivity contribution in [2.24, 2.45) is 5.92 Å². The topological polar surface area (TPSA) is 17.1 Å². The predicted octanol–water partition coefficient (Wildman–Crippen LogP) is 3.30. The smallest absolute Gasteiger partial charge is 0.133 e. The van der Waals surface area contributed by atoms with Crippen molar-refractivity contribution in [2.45, 2.75) is 32.1 Å². The quantitative estimate of drug-likeness (QED) is 0.689. The minimum atomic E-state index is -0.177. The minimum absolute atomic E-state index is 0.0763. The van der Waals surface area contributed by atoms with E-state index in [0.29, 0.717) is 24.3 Å². The van der Waals surface area contributed by atoms with Gasteiger partial charge in [0, 0.05) is 12.8 Å². The van der Waals surface area contributed by atoms with Crippen molar-refractivity contribution in [1.82, 2.24) is 0 Å². The third-order valence-electron chi connectivity index (χ3n) is 3.32. The number of rotatable bonds is 1. The van der Waals surface area contributed by atoms with E-state index in [2.05, 4.69) is 6.92 Å². The van der Waals surface area contributed by atoms with E-state index in [9.17, 15) is 9.18 Å². The molecule has 2 atom stereocenters. The van der Waals surface area contributed by atoms with Crippen molar-refractivity contribution >= 4 is 5.78 Å². The molecule has 2 rings (SSSR count). The van der Waals surface area contributed by atoms with Gasteiger partial charge in [0.2, 0.25) is 0 Å².